The summed E-state index contributed by atoms with van der Waals surface area (Å²) in [5.41, 5.74) is 0.607. The molecule has 0 fully saturated rings. The average Bonchev–Trinajstić information content (AvgIpc) is 2.14. The Morgan fingerprint density at radius 3 is 2.06 bits per heavy atom. The number of sulfonamides is 1. The van der Waals surface area contributed by atoms with Crippen LogP contribution in [0, 0.1) is 0 Å². The third-order valence-corrected chi connectivity index (χ3v) is 5.19. The van der Waals surface area contributed by atoms with Crippen molar-refractivity contribution in [3.8, 4) is 0 Å². The van der Waals surface area contributed by atoms with Crippen LogP contribution in [-0.4, -0.2) is 34.5 Å². The molecule has 6 nitrogen and oxygen atoms in total. The molecule has 0 atom stereocenters. The second kappa shape index (κ2) is 4.84. The molecule has 94 valence electrons. The van der Waals surface area contributed by atoms with Crippen molar-refractivity contribution < 1.29 is 21.6 Å². The van der Waals surface area contributed by atoms with Crippen molar-refractivity contribution in [2.24, 2.45) is 0 Å². The number of hydrogen-bond acceptors (Lipinski definition) is 5. The highest BCUT2D eigenvalue weighted by Gasteiger charge is 2.17. The number of rotatable bonds is 5. The minimum atomic E-state index is -3.94. The zero-order valence-electron chi connectivity index (χ0n) is 8.95. The first-order valence-electron chi connectivity index (χ1n) is 4.45. The van der Waals surface area contributed by atoms with E-state index in [1.165, 1.54) is 24.3 Å². The molecule has 0 unspecified atom stereocenters. The van der Waals surface area contributed by atoms with E-state index in [0.717, 1.165) is 6.26 Å². The third-order valence-electron chi connectivity index (χ3n) is 1.69. The molecule has 0 saturated carbocycles. The van der Waals surface area contributed by atoms with Gasteiger partial charge in [-0.3, -0.25) is 9.52 Å². The van der Waals surface area contributed by atoms with Crippen molar-refractivity contribution >= 4 is 31.8 Å². The van der Waals surface area contributed by atoms with Crippen molar-refractivity contribution in [2.45, 2.75) is 0 Å². The van der Waals surface area contributed by atoms with Gasteiger partial charge in [-0.1, -0.05) is 0 Å². The van der Waals surface area contributed by atoms with Crippen LogP contribution in [0.5, 0.6) is 0 Å². The summed E-state index contributed by atoms with van der Waals surface area (Å²) in [7, 11) is -7.56. The minimum Gasteiger partial charge on any atom is -0.298 e. The van der Waals surface area contributed by atoms with E-state index in [9.17, 15) is 21.6 Å². The molecule has 0 aliphatic rings. The fourth-order valence-electron chi connectivity index (χ4n) is 1.12. The molecule has 0 spiro atoms. The first-order chi connectivity index (χ1) is 7.72. The van der Waals surface area contributed by atoms with Crippen LogP contribution in [-0.2, 0) is 19.9 Å². The molecule has 0 saturated heterocycles. The van der Waals surface area contributed by atoms with Gasteiger partial charge in [0.05, 0.1) is 0 Å². The third kappa shape index (κ3) is 4.96. The van der Waals surface area contributed by atoms with Gasteiger partial charge in [-0.05, 0) is 24.3 Å². The Bertz CT molecular complexity index is 601. The molecule has 1 N–H and O–H groups in total. The topological polar surface area (TPSA) is 97.4 Å². The van der Waals surface area contributed by atoms with Crippen molar-refractivity contribution in [3.05, 3.63) is 29.8 Å². The Balaban J connectivity index is 2.87. The molecule has 0 heterocycles. The molecular formula is C9H11NO5S2. The number of anilines is 1. The summed E-state index contributed by atoms with van der Waals surface area (Å²) in [6.45, 7) is 0. The van der Waals surface area contributed by atoms with E-state index >= 15 is 0 Å². The zero-order chi connectivity index (χ0) is 13.1. The zero-order valence-corrected chi connectivity index (χ0v) is 10.6. The van der Waals surface area contributed by atoms with Crippen LogP contribution >= 0.6 is 0 Å². The van der Waals surface area contributed by atoms with E-state index in [-0.39, 0.29) is 5.69 Å². The van der Waals surface area contributed by atoms with E-state index in [1.54, 1.807) is 0 Å². The van der Waals surface area contributed by atoms with E-state index in [0.29, 0.717) is 11.8 Å². The predicted octanol–water partition coefficient (Wildman–Crippen LogP) is 0.243. The number of carbonyl (C=O) groups excluding carboxylic acids is 1. The van der Waals surface area contributed by atoms with Gasteiger partial charge in [-0.2, -0.15) is 0 Å². The second-order valence-electron chi connectivity index (χ2n) is 3.50. The molecule has 8 heteroatoms. The predicted molar refractivity (Wildman–Crippen MR) is 64.1 cm³/mol. The lowest BCUT2D eigenvalue weighted by molar-refractivity contribution is 0.112. The lowest BCUT2D eigenvalue weighted by Crippen LogP contribution is -2.22. The highest BCUT2D eigenvalue weighted by atomic mass is 32.3. The van der Waals surface area contributed by atoms with Crippen LogP contribution < -0.4 is 4.72 Å². The molecule has 0 bridgehead atoms. The number of hydrogen-bond donors (Lipinski definition) is 1. The number of carbonyl (C=O) groups is 1. The maximum absolute atomic E-state index is 11.4. The quantitative estimate of drug-likeness (QED) is 0.778. The molecule has 17 heavy (non-hydrogen) atoms. The Labute approximate surface area is 99.6 Å². The lowest BCUT2D eigenvalue weighted by Gasteiger charge is -2.06. The van der Waals surface area contributed by atoms with Gasteiger partial charge in [-0.15, -0.1) is 0 Å². The van der Waals surface area contributed by atoms with Crippen molar-refractivity contribution in [3.63, 3.8) is 0 Å². The molecule has 1 aromatic carbocycles. The van der Waals surface area contributed by atoms with Gasteiger partial charge in [0, 0.05) is 17.5 Å². The van der Waals surface area contributed by atoms with E-state index in [1.807, 2.05) is 0 Å². The van der Waals surface area contributed by atoms with Crippen LogP contribution in [0.15, 0.2) is 24.3 Å². The van der Waals surface area contributed by atoms with Gasteiger partial charge in [0.25, 0.3) is 0 Å². The fraction of sp³-hybridized carbons (Fsp3) is 0.222. The highest BCUT2D eigenvalue weighted by molar-refractivity contribution is 8.08. The van der Waals surface area contributed by atoms with E-state index < -0.39 is 24.9 Å². The number of sulfone groups is 1. The number of benzene rings is 1. The molecule has 1 aromatic rings. The SMILES string of the molecule is CS(=O)(=O)CS(=O)(=O)Nc1ccc(C=O)cc1. The van der Waals surface area contributed by atoms with Crippen LogP contribution in [0.2, 0.25) is 0 Å². The van der Waals surface area contributed by atoms with Crippen LogP contribution in [0.3, 0.4) is 0 Å². The number of nitrogens with one attached hydrogen (secondary N) is 1. The Kier molecular flexibility index (Phi) is 3.89. The summed E-state index contributed by atoms with van der Waals surface area (Å²) in [6, 6.07) is 5.60. The summed E-state index contributed by atoms with van der Waals surface area (Å²) >= 11 is 0. The smallest absolute Gasteiger partial charge is 0.247 e. The fourth-order valence-corrected chi connectivity index (χ4v) is 4.11. The first kappa shape index (κ1) is 13.7. The van der Waals surface area contributed by atoms with Gasteiger partial charge in [-0.25, -0.2) is 16.8 Å². The summed E-state index contributed by atoms with van der Waals surface area (Å²) in [4.78, 5) is 10.4. The van der Waals surface area contributed by atoms with Gasteiger partial charge in [0.15, 0.2) is 14.9 Å². The van der Waals surface area contributed by atoms with Crippen LogP contribution in [0.4, 0.5) is 5.69 Å². The summed E-state index contributed by atoms with van der Waals surface area (Å²) in [5, 5.41) is -0.977. The monoisotopic (exact) mass is 277 g/mol. The van der Waals surface area contributed by atoms with Crippen LogP contribution in [0.25, 0.3) is 0 Å². The van der Waals surface area contributed by atoms with E-state index in [2.05, 4.69) is 4.72 Å². The summed E-state index contributed by atoms with van der Waals surface area (Å²) < 4.78 is 46.7. The molecular weight excluding hydrogens is 266 g/mol. The largest absolute Gasteiger partial charge is 0.298 e. The standard InChI is InChI=1S/C9H11NO5S2/c1-16(12,13)7-17(14,15)10-9-4-2-8(6-11)3-5-9/h2-6,10H,7H2,1H3. The summed E-state index contributed by atoms with van der Waals surface area (Å²) in [6.07, 6.45) is 1.45. The van der Waals surface area contributed by atoms with Crippen molar-refractivity contribution in [1.29, 1.82) is 0 Å². The van der Waals surface area contributed by atoms with Crippen molar-refractivity contribution in [2.75, 3.05) is 16.1 Å². The van der Waals surface area contributed by atoms with Crippen molar-refractivity contribution in [1.82, 2.24) is 0 Å². The maximum atomic E-state index is 11.4. The number of aldehydes is 1. The Morgan fingerprint density at radius 1 is 1.12 bits per heavy atom. The molecule has 0 aliphatic heterocycles. The normalized spacial score (nSPS) is 12.1. The molecule has 0 aromatic heterocycles. The molecule has 0 radical (unpaired) electrons. The average molecular weight is 277 g/mol. The minimum absolute atomic E-state index is 0.208. The second-order valence-corrected chi connectivity index (χ2v) is 7.73. The maximum Gasteiger partial charge on any atom is 0.247 e. The Morgan fingerprint density at radius 2 is 1.65 bits per heavy atom. The highest BCUT2D eigenvalue weighted by Crippen LogP contribution is 2.11. The molecule has 1 rings (SSSR count). The van der Waals surface area contributed by atoms with Gasteiger partial charge in [0.1, 0.15) is 6.29 Å². The first-order valence-corrected chi connectivity index (χ1v) is 8.16. The van der Waals surface area contributed by atoms with Gasteiger partial charge < -0.3 is 0 Å². The lowest BCUT2D eigenvalue weighted by atomic mass is 10.2. The molecule has 0 aliphatic carbocycles. The van der Waals surface area contributed by atoms with Gasteiger partial charge >= 0.3 is 0 Å². The van der Waals surface area contributed by atoms with Gasteiger partial charge in [0.2, 0.25) is 10.0 Å². The van der Waals surface area contributed by atoms with Crippen LogP contribution in [0.1, 0.15) is 10.4 Å². The van der Waals surface area contributed by atoms with E-state index in [4.69, 9.17) is 0 Å². The molecule has 0 amide bonds. The Hall–Kier alpha value is -1.41. The summed E-state index contributed by atoms with van der Waals surface area (Å²) in [5.74, 6) is 0.